The van der Waals surface area contributed by atoms with Gasteiger partial charge in [-0.15, -0.1) is 0 Å². The quantitative estimate of drug-likeness (QED) is 0.726. The van der Waals surface area contributed by atoms with Crippen LogP contribution in [0.3, 0.4) is 0 Å². The molecule has 14 heavy (non-hydrogen) atoms. The molecule has 0 saturated heterocycles. The Labute approximate surface area is 83.6 Å². The second-order valence-corrected chi connectivity index (χ2v) is 2.73. The van der Waals surface area contributed by atoms with Crippen LogP contribution in [0, 0.1) is 0 Å². The molecule has 0 amide bonds. The van der Waals surface area contributed by atoms with Crippen molar-refractivity contribution in [2.45, 2.75) is 6.61 Å². The van der Waals surface area contributed by atoms with Gasteiger partial charge in [0.05, 0.1) is 13.7 Å². The molecule has 1 N–H and O–H groups in total. The zero-order chi connectivity index (χ0) is 10.4. The van der Waals surface area contributed by atoms with Crippen LogP contribution in [-0.4, -0.2) is 18.8 Å². The SMILES string of the molecule is C=CCOc1ccc(OC)c(CO)c1. The number of rotatable bonds is 5. The lowest BCUT2D eigenvalue weighted by Gasteiger charge is -2.08. The van der Waals surface area contributed by atoms with E-state index in [1.807, 2.05) is 0 Å². The lowest BCUT2D eigenvalue weighted by atomic mass is 10.2. The van der Waals surface area contributed by atoms with Gasteiger partial charge in [-0.25, -0.2) is 0 Å². The average Bonchev–Trinajstić information content (AvgIpc) is 2.25. The second-order valence-electron chi connectivity index (χ2n) is 2.73. The molecule has 0 aliphatic rings. The summed E-state index contributed by atoms with van der Waals surface area (Å²) in [5, 5.41) is 9.04. The van der Waals surface area contributed by atoms with Gasteiger partial charge < -0.3 is 14.6 Å². The molecule has 0 aliphatic carbocycles. The standard InChI is InChI=1S/C11H14O3/c1-3-6-14-10-4-5-11(13-2)9(7-10)8-12/h3-5,7,12H,1,6,8H2,2H3. The topological polar surface area (TPSA) is 38.7 Å². The summed E-state index contributed by atoms with van der Waals surface area (Å²) < 4.78 is 10.4. The van der Waals surface area contributed by atoms with Crippen molar-refractivity contribution < 1.29 is 14.6 Å². The fraction of sp³-hybridized carbons (Fsp3) is 0.273. The molecule has 0 atom stereocenters. The molecule has 0 unspecified atom stereocenters. The Hall–Kier alpha value is -1.48. The minimum Gasteiger partial charge on any atom is -0.496 e. The van der Waals surface area contributed by atoms with Crippen molar-refractivity contribution in [3.63, 3.8) is 0 Å². The first-order chi connectivity index (χ1) is 6.81. The molecule has 0 saturated carbocycles. The number of hydrogen-bond donors (Lipinski definition) is 1. The van der Waals surface area contributed by atoms with E-state index in [0.29, 0.717) is 23.7 Å². The zero-order valence-corrected chi connectivity index (χ0v) is 8.19. The molecule has 0 heterocycles. The Bertz CT molecular complexity index is 307. The normalized spacial score (nSPS) is 9.57. The van der Waals surface area contributed by atoms with Gasteiger partial charge in [0, 0.05) is 5.56 Å². The van der Waals surface area contributed by atoms with E-state index < -0.39 is 0 Å². The number of hydrogen-bond acceptors (Lipinski definition) is 3. The monoisotopic (exact) mass is 194 g/mol. The minimum atomic E-state index is -0.0610. The van der Waals surface area contributed by atoms with Gasteiger partial charge in [0.1, 0.15) is 18.1 Å². The van der Waals surface area contributed by atoms with Crippen molar-refractivity contribution in [1.82, 2.24) is 0 Å². The number of benzene rings is 1. The minimum absolute atomic E-state index is 0.0610. The van der Waals surface area contributed by atoms with Gasteiger partial charge in [0.2, 0.25) is 0 Å². The van der Waals surface area contributed by atoms with Crippen LogP contribution in [0.1, 0.15) is 5.56 Å². The summed E-state index contributed by atoms with van der Waals surface area (Å²) in [6.07, 6.45) is 1.67. The average molecular weight is 194 g/mol. The van der Waals surface area contributed by atoms with E-state index in [9.17, 15) is 0 Å². The maximum atomic E-state index is 9.04. The van der Waals surface area contributed by atoms with Crippen LogP contribution in [0.5, 0.6) is 11.5 Å². The summed E-state index contributed by atoms with van der Waals surface area (Å²) in [5.41, 5.74) is 0.717. The molecule has 3 heteroatoms. The van der Waals surface area contributed by atoms with E-state index in [1.54, 1.807) is 31.4 Å². The van der Waals surface area contributed by atoms with Gasteiger partial charge in [-0.3, -0.25) is 0 Å². The molecule has 76 valence electrons. The highest BCUT2D eigenvalue weighted by Gasteiger charge is 2.03. The van der Waals surface area contributed by atoms with Crippen LogP contribution in [0.4, 0.5) is 0 Å². The third-order valence-corrected chi connectivity index (χ3v) is 1.79. The third-order valence-electron chi connectivity index (χ3n) is 1.79. The lowest BCUT2D eigenvalue weighted by molar-refractivity contribution is 0.272. The molecule has 1 rings (SSSR count). The number of ether oxygens (including phenoxy) is 2. The summed E-state index contributed by atoms with van der Waals surface area (Å²) in [5.74, 6) is 1.37. The summed E-state index contributed by atoms with van der Waals surface area (Å²) in [6.45, 7) is 3.95. The largest absolute Gasteiger partial charge is 0.496 e. The van der Waals surface area contributed by atoms with Crippen LogP contribution in [-0.2, 0) is 6.61 Å². The van der Waals surface area contributed by atoms with E-state index in [-0.39, 0.29) is 6.61 Å². The second kappa shape index (κ2) is 5.29. The Morgan fingerprint density at radius 3 is 2.86 bits per heavy atom. The molecule has 0 spiro atoms. The lowest BCUT2D eigenvalue weighted by Crippen LogP contribution is -1.96. The molecule has 1 aromatic carbocycles. The van der Waals surface area contributed by atoms with Crippen LogP contribution in [0.15, 0.2) is 30.9 Å². The Kier molecular flexibility index (Phi) is 4.01. The number of aliphatic hydroxyl groups excluding tert-OH is 1. The molecule has 3 nitrogen and oxygen atoms in total. The highest BCUT2D eigenvalue weighted by atomic mass is 16.5. The van der Waals surface area contributed by atoms with E-state index >= 15 is 0 Å². The van der Waals surface area contributed by atoms with Crippen LogP contribution >= 0.6 is 0 Å². The zero-order valence-electron chi connectivity index (χ0n) is 8.19. The van der Waals surface area contributed by atoms with Crippen LogP contribution in [0.2, 0.25) is 0 Å². The molecule has 0 aromatic heterocycles. The molecule has 0 aliphatic heterocycles. The van der Waals surface area contributed by atoms with Gasteiger partial charge in [-0.2, -0.15) is 0 Å². The summed E-state index contributed by atoms with van der Waals surface area (Å²) in [6, 6.07) is 5.31. The Morgan fingerprint density at radius 2 is 2.29 bits per heavy atom. The maximum Gasteiger partial charge on any atom is 0.124 e. The van der Waals surface area contributed by atoms with E-state index in [2.05, 4.69) is 6.58 Å². The van der Waals surface area contributed by atoms with Gasteiger partial charge in [0.25, 0.3) is 0 Å². The van der Waals surface area contributed by atoms with Crippen LogP contribution < -0.4 is 9.47 Å². The fourth-order valence-corrected chi connectivity index (χ4v) is 1.12. The van der Waals surface area contributed by atoms with Crippen molar-refractivity contribution in [2.24, 2.45) is 0 Å². The number of methoxy groups -OCH3 is 1. The van der Waals surface area contributed by atoms with Crippen molar-refractivity contribution in [1.29, 1.82) is 0 Å². The summed E-state index contributed by atoms with van der Waals surface area (Å²) in [7, 11) is 1.57. The molecule has 0 bridgehead atoms. The first-order valence-corrected chi connectivity index (χ1v) is 4.33. The van der Waals surface area contributed by atoms with Crippen molar-refractivity contribution in [2.75, 3.05) is 13.7 Å². The Balaban J connectivity index is 2.83. The predicted molar refractivity (Wildman–Crippen MR) is 54.6 cm³/mol. The first-order valence-electron chi connectivity index (χ1n) is 4.33. The molecular formula is C11H14O3. The highest BCUT2D eigenvalue weighted by molar-refractivity contribution is 5.39. The highest BCUT2D eigenvalue weighted by Crippen LogP contribution is 2.23. The van der Waals surface area contributed by atoms with Gasteiger partial charge >= 0.3 is 0 Å². The smallest absolute Gasteiger partial charge is 0.124 e. The first kappa shape index (κ1) is 10.6. The number of aliphatic hydroxyl groups is 1. The van der Waals surface area contributed by atoms with Gasteiger partial charge in [-0.05, 0) is 18.2 Å². The third kappa shape index (κ3) is 2.50. The molecular weight excluding hydrogens is 180 g/mol. The van der Waals surface area contributed by atoms with Crippen molar-refractivity contribution >= 4 is 0 Å². The van der Waals surface area contributed by atoms with E-state index in [0.717, 1.165) is 0 Å². The van der Waals surface area contributed by atoms with Gasteiger partial charge in [-0.1, -0.05) is 12.7 Å². The summed E-state index contributed by atoms with van der Waals surface area (Å²) in [4.78, 5) is 0. The predicted octanol–water partition coefficient (Wildman–Crippen LogP) is 1.75. The van der Waals surface area contributed by atoms with Gasteiger partial charge in [0.15, 0.2) is 0 Å². The van der Waals surface area contributed by atoms with Crippen molar-refractivity contribution in [3.05, 3.63) is 36.4 Å². The summed E-state index contributed by atoms with van der Waals surface area (Å²) >= 11 is 0. The van der Waals surface area contributed by atoms with E-state index in [4.69, 9.17) is 14.6 Å². The van der Waals surface area contributed by atoms with E-state index in [1.165, 1.54) is 0 Å². The van der Waals surface area contributed by atoms with Crippen LogP contribution in [0.25, 0.3) is 0 Å². The molecule has 0 radical (unpaired) electrons. The Morgan fingerprint density at radius 1 is 1.50 bits per heavy atom. The fourth-order valence-electron chi connectivity index (χ4n) is 1.12. The van der Waals surface area contributed by atoms with Crippen molar-refractivity contribution in [3.8, 4) is 11.5 Å². The molecule has 1 aromatic rings. The molecule has 0 fully saturated rings. The maximum absolute atomic E-state index is 9.04.